The normalized spacial score (nSPS) is 11.8. The molecule has 3 nitrogen and oxygen atoms in total. The van der Waals surface area contributed by atoms with E-state index in [1.54, 1.807) is 0 Å². The van der Waals surface area contributed by atoms with Crippen LogP contribution >= 0.6 is 0 Å². The fourth-order valence-corrected chi connectivity index (χ4v) is 2.01. The Balaban J connectivity index is 2.11. The number of carboxylic acid groups (broad SMARTS) is 1. The van der Waals surface area contributed by atoms with Gasteiger partial charge in [-0.2, -0.15) is 0 Å². The van der Waals surface area contributed by atoms with Gasteiger partial charge in [0, 0.05) is 12.1 Å². The summed E-state index contributed by atoms with van der Waals surface area (Å²) >= 11 is 0. The molecule has 0 fully saturated rings. The molecule has 0 aliphatic rings. The van der Waals surface area contributed by atoms with Gasteiger partial charge in [0.2, 0.25) is 0 Å². The second-order valence-corrected chi connectivity index (χ2v) is 4.59. The maximum absolute atomic E-state index is 11.3. The van der Waals surface area contributed by atoms with Crippen molar-refractivity contribution >= 4 is 11.7 Å². The lowest BCUT2D eigenvalue weighted by atomic mass is 10.0. The van der Waals surface area contributed by atoms with Crippen LogP contribution in [0.2, 0.25) is 0 Å². The Labute approximate surface area is 112 Å². The first-order valence-corrected chi connectivity index (χ1v) is 6.25. The summed E-state index contributed by atoms with van der Waals surface area (Å²) in [5.74, 6) is -0.842. The third-order valence-electron chi connectivity index (χ3n) is 2.94. The maximum Gasteiger partial charge on any atom is 0.326 e. The van der Waals surface area contributed by atoms with Crippen molar-refractivity contribution in [2.75, 3.05) is 5.32 Å². The molecule has 0 unspecified atom stereocenters. The van der Waals surface area contributed by atoms with Gasteiger partial charge >= 0.3 is 5.97 Å². The van der Waals surface area contributed by atoms with Crippen LogP contribution in [0.15, 0.2) is 54.6 Å². The first kappa shape index (κ1) is 13.1. The van der Waals surface area contributed by atoms with Gasteiger partial charge < -0.3 is 10.4 Å². The fourth-order valence-electron chi connectivity index (χ4n) is 2.01. The van der Waals surface area contributed by atoms with Gasteiger partial charge in [-0.25, -0.2) is 4.79 Å². The molecule has 3 heteroatoms. The van der Waals surface area contributed by atoms with E-state index >= 15 is 0 Å². The number of aryl methyl sites for hydroxylation is 1. The minimum absolute atomic E-state index is 0.464. The third-order valence-corrected chi connectivity index (χ3v) is 2.94. The number of nitrogens with one attached hydrogen (secondary N) is 1. The minimum Gasteiger partial charge on any atom is -0.480 e. The van der Waals surface area contributed by atoms with Crippen molar-refractivity contribution in [3.8, 4) is 0 Å². The van der Waals surface area contributed by atoms with Crippen molar-refractivity contribution < 1.29 is 9.90 Å². The smallest absolute Gasteiger partial charge is 0.326 e. The fraction of sp³-hybridized carbons (Fsp3) is 0.188. The number of para-hydroxylation sites is 1. The molecule has 19 heavy (non-hydrogen) atoms. The summed E-state index contributed by atoms with van der Waals surface area (Å²) < 4.78 is 0. The van der Waals surface area contributed by atoms with Crippen molar-refractivity contribution in [3.05, 3.63) is 65.7 Å². The average Bonchev–Trinajstić information content (AvgIpc) is 2.39. The largest absolute Gasteiger partial charge is 0.480 e. The lowest BCUT2D eigenvalue weighted by molar-refractivity contribution is -0.137. The van der Waals surface area contributed by atoms with E-state index in [0.29, 0.717) is 6.42 Å². The van der Waals surface area contributed by atoms with Crippen LogP contribution in [0, 0.1) is 6.92 Å². The van der Waals surface area contributed by atoms with Crippen LogP contribution in [0.5, 0.6) is 0 Å². The molecule has 0 aliphatic heterocycles. The summed E-state index contributed by atoms with van der Waals surface area (Å²) in [6.07, 6.45) is 0.464. The highest BCUT2D eigenvalue weighted by Gasteiger charge is 2.17. The van der Waals surface area contributed by atoms with Gasteiger partial charge in [-0.1, -0.05) is 48.0 Å². The zero-order valence-corrected chi connectivity index (χ0v) is 10.8. The van der Waals surface area contributed by atoms with Crippen molar-refractivity contribution in [2.24, 2.45) is 0 Å². The van der Waals surface area contributed by atoms with Crippen molar-refractivity contribution in [1.82, 2.24) is 0 Å². The standard InChI is InChI=1S/C16H17NO2/c1-12-6-5-7-13(10-12)11-15(16(18)19)17-14-8-3-2-4-9-14/h2-10,15,17H,11H2,1H3,(H,18,19)/t15-/m0/s1. The SMILES string of the molecule is Cc1cccc(C[C@H](Nc2ccccc2)C(=O)O)c1. The van der Waals surface area contributed by atoms with Gasteiger partial charge in [0.05, 0.1) is 0 Å². The molecule has 0 saturated carbocycles. The van der Waals surface area contributed by atoms with E-state index in [0.717, 1.165) is 16.8 Å². The van der Waals surface area contributed by atoms with Gasteiger partial charge in [-0.3, -0.25) is 0 Å². The Morgan fingerprint density at radius 3 is 2.53 bits per heavy atom. The molecule has 1 atom stereocenters. The Bertz CT molecular complexity index is 552. The molecule has 2 rings (SSSR count). The van der Waals surface area contributed by atoms with Crippen LogP contribution in [0.4, 0.5) is 5.69 Å². The second kappa shape index (κ2) is 6.05. The van der Waals surface area contributed by atoms with Gasteiger partial charge in [-0.15, -0.1) is 0 Å². The van der Waals surface area contributed by atoms with Crippen molar-refractivity contribution in [3.63, 3.8) is 0 Å². The Kier molecular flexibility index (Phi) is 4.18. The Hall–Kier alpha value is -2.29. The zero-order valence-electron chi connectivity index (χ0n) is 10.8. The van der Waals surface area contributed by atoms with Crippen molar-refractivity contribution in [1.29, 1.82) is 0 Å². The number of rotatable bonds is 5. The Morgan fingerprint density at radius 1 is 1.16 bits per heavy atom. The van der Waals surface area contributed by atoms with Crippen LogP contribution in [0.1, 0.15) is 11.1 Å². The quantitative estimate of drug-likeness (QED) is 0.863. The van der Waals surface area contributed by atoms with Crippen LogP contribution < -0.4 is 5.32 Å². The molecular weight excluding hydrogens is 238 g/mol. The van der Waals surface area contributed by atoms with Crippen LogP contribution in [0.25, 0.3) is 0 Å². The highest BCUT2D eigenvalue weighted by atomic mass is 16.4. The molecule has 2 aromatic carbocycles. The van der Waals surface area contributed by atoms with E-state index in [1.807, 2.05) is 61.5 Å². The van der Waals surface area contributed by atoms with E-state index in [2.05, 4.69) is 5.32 Å². The van der Waals surface area contributed by atoms with E-state index in [-0.39, 0.29) is 0 Å². The molecule has 0 bridgehead atoms. The summed E-state index contributed by atoms with van der Waals surface area (Å²) in [5, 5.41) is 12.3. The second-order valence-electron chi connectivity index (χ2n) is 4.59. The van der Waals surface area contributed by atoms with Gasteiger partial charge in [0.25, 0.3) is 0 Å². The lowest BCUT2D eigenvalue weighted by Crippen LogP contribution is -2.31. The van der Waals surface area contributed by atoms with Crippen molar-refractivity contribution in [2.45, 2.75) is 19.4 Å². The molecule has 2 N–H and O–H groups in total. The van der Waals surface area contributed by atoms with Crippen LogP contribution in [0.3, 0.4) is 0 Å². The number of benzene rings is 2. The molecule has 0 radical (unpaired) electrons. The zero-order chi connectivity index (χ0) is 13.7. The first-order chi connectivity index (χ1) is 9.15. The number of hydrogen-bond acceptors (Lipinski definition) is 2. The number of carbonyl (C=O) groups is 1. The molecule has 0 heterocycles. The summed E-state index contributed by atoms with van der Waals surface area (Å²) in [4.78, 5) is 11.3. The average molecular weight is 255 g/mol. The van der Waals surface area contributed by atoms with E-state index in [9.17, 15) is 9.90 Å². The van der Waals surface area contributed by atoms with Crippen LogP contribution in [-0.4, -0.2) is 17.1 Å². The molecule has 0 aromatic heterocycles. The first-order valence-electron chi connectivity index (χ1n) is 6.25. The predicted octanol–water partition coefficient (Wildman–Crippen LogP) is 3.10. The number of anilines is 1. The topological polar surface area (TPSA) is 49.3 Å². The molecule has 0 spiro atoms. The molecule has 98 valence electrons. The van der Waals surface area contributed by atoms with Gasteiger partial charge in [0.15, 0.2) is 0 Å². The Morgan fingerprint density at radius 2 is 1.89 bits per heavy atom. The van der Waals surface area contributed by atoms with Gasteiger partial charge in [0.1, 0.15) is 6.04 Å². The number of hydrogen-bond donors (Lipinski definition) is 2. The molecule has 0 amide bonds. The highest BCUT2D eigenvalue weighted by Crippen LogP contribution is 2.12. The minimum atomic E-state index is -0.842. The summed E-state index contributed by atoms with van der Waals surface area (Å²) in [7, 11) is 0. The van der Waals surface area contributed by atoms with Crippen LogP contribution in [-0.2, 0) is 11.2 Å². The summed E-state index contributed by atoms with van der Waals surface area (Å²) in [6.45, 7) is 2.00. The highest BCUT2D eigenvalue weighted by molar-refractivity contribution is 5.77. The van der Waals surface area contributed by atoms with E-state index in [1.165, 1.54) is 0 Å². The van der Waals surface area contributed by atoms with Gasteiger partial charge in [-0.05, 0) is 24.6 Å². The molecule has 0 saturated heterocycles. The lowest BCUT2D eigenvalue weighted by Gasteiger charge is -2.16. The van der Waals surface area contributed by atoms with E-state index < -0.39 is 12.0 Å². The number of carboxylic acids is 1. The summed E-state index contributed by atoms with van der Waals surface area (Å²) in [6, 6.07) is 16.7. The predicted molar refractivity (Wildman–Crippen MR) is 76.4 cm³/mol. The third kappa shape index (κ3) is 3.85. The maximum atomic E-state index is 11.3. The monoisotopic (exact) mass is 255 g/mol. The summed E-state index contributed by atoms with van der Waals surface area (Å²) in [5.41, 5.74) is 2.99. The number of aliphatic carboxylic acids is 1. The molecule has 0 aliphatic carbocycles. The van der Waals surface area contributed by atoms with E-state index in [4.69, 9.17) is 0 Å². The molecular formula is C16H17NO2. The molecule has 2 aromatic rings.